The highest BCUT2D eigenvalue weighted by Gasteiger charge is 2.13. The molecule has 0 radical (unpaired) electrons. The normalized spacial score (nSPS) is 10.8. The topological polar surface area (TPSA) is 78.9 Å². The quantitative estimate of drug-likeness (QED) is 0.540. The van der Waals surface area contributed by atoms with E-state index in [1.807, 2.05) is 26.0 Å². The number of carbonyl (C=O) groups is 1. The van der Waals surface area contributed by atoms with Gasteiger partial charge in [-0.3, -0.25) is 0 Å². The molecule has 124 valence electrons. The van der Waals surface area contributed by atoms with Gasteiger partial charge in [-0.05, 0) is 43.7 Å². The van der Waals surface area contributed by atoms with Crippen LogP contribution in [0.5, 0.6) is 5.75 Å². The second-order valence-corrected chi connectivity index (χ2v) is 5.36. The van der Waals surface area contributed by atoms with Crippen molar-refractivity contribution in [1.82, 2.24) is 0 Å². The molecule has 2 heterocycles. The van der Waals surface area contributed by atoms with E-state index in [2.05, 4.69) is 4.74 Å². The van der Waals surface area contributed by atoms with E-state index in [1.165, 1.54) is 19.2 Å². The van der Waals surface area contributed by atoms with Crippen molar-refractivity contribution in [2.75, 3.05) is 7.11 Å². The standard InChI is InChI=1S/C18H16O6/c1-10-8-16(19)24-17-11(2)14(7-5-13(10)17)22-9-12-4-6-15(23-12)18(20)21-3/h4-8H,9H2,1-3H3. The smallest absolute Gasteiger partial charge is 0.373 e. The summed E-state index contributed by atoms with van der Waals surface area (Å²) in [5, 5.41) is 0.866. The van der Waals surface area contributed by atoms with E-state index in [4.69, 9.17) is 13.6 Å². The minimum Gasteiger partial charge on any atom is -0.485 e. The molecule has 0 spiro atoms. The molecule has 2 aromatic heterocycles. The summed E-state index contributed by atoms with van der Waals surface area (Å²) >= 11 is 0. The predicted octanol–water partition coefficient (Wildman–Crippen LogP) is 3.37. The van der Waals surface area contributed by atoms with Crippen LogP contribution in [0.3, 0.4) is 0 Å². The molecule has 0 fully saturated rings. The monoisotopic (exact) mass is 328 g/mol. The number of benzene rings is 1. The van der Waals surface area contributed by atoms with E-state index >= 15 is 0 Å². The molecule has 0 amide bonds. The molecule has 0 aliphatic heterocycles. The van der Waals surface area contributed by atoms with E-state index in [0.29, 0.717) is 17.1 Å². The Hall–Kier alpha value is -3.02. The number of methoxy groups -OCH3 is 1. The highest BCUT2D eigenvalue weighted by molar-refractivity contribution is 5.86. The molecule has 0 bridgehead atoms. The van der Waals surface area contributed by atoms with Crippen molar-refractivity contribution < 1.29 is 23.1 Å². The highest BCUT2D eigenvalue weighted by atomic mass is 16.5. The predicted molar refractivity (Wildman–Crippen MR) is 86.3 cm³/mol. The third kappa shape index (κ3) is 2.90. The highest BCUT2D eigenvalue weighted by Crippen LogP contribution is 2.28. The van der Waals surface area contributed by atoms with Crippen LogP contribution in [-0.2, 0) is 11.3 Å². The van der Waals surface area contributed by atoms with Gasteiger partial charge < -0.3 is 18.3 Å². The largest absolute Gasteiger partial charge is 0.485 e. The van der Waals surface area contributed by atoms with Crippen LogP contribution < -0.4 is 10.4 Å². The minimum atomic E-state index is -0.541. The molecular weight excluding hydrogens is 312 g/mol. The number of aryl methyl sites for hydroxylation is 2. The first kappa shape index (κ1) is 15.9. The van der Waals surface area contributed by atoms with Crippen molar-refractivity contribution in [3.8, 4) is 5.75 Å². The molecule has 24 heavy (non-hydrogen) atoms. The Morgan fingerprint density at radius 1 is 1.12 bits per heavy atom. The minimum absolute atomic E-state index is 0.118. The zero-order valence-electron chi connectivity index (χ0n) is 13.5. The second-order valence-electron chi connectivity index (χ2n) is 5.36. The Balaban J connectivity index is 1.85. The van der Waals surface area contributed by atoms with Crippen molar-refractivity contribution in [2.45, 2.75) is 20.5 Å². The van der Waals surface area contributed by atoms with E-state index in [9.17, 15) is 9.59 Å². The van der Waals surface area contributed by atoms with Crippen LogP contribution in [0, 0.1) is 13.8 Å². The maximum absolute atomic E-state index is 11.6. The average Bonchev–Trinajstić information content (AvgIpc) is 3.03. The van der Waals surface area contributed by atoms with Gasteiger partial charge in [0.1, 0.15) is 23.7 Å². The van der Waals surface area contributed by atoms with E-state index in [1.54, 1.807) is 6.07 Å². The van der Waals surface area contributed by atoms with Crippen LogP contribution in [0.2, 0.25) is 0 Å². The number of hydrogen-bond donors (Lipinski definition) is 0. The second kappa shape index (κ2) is 6.23. The summed E-state index contributed by atoms with van der Waals surface area (Å²) in [7, 11) is 1.29. The van der Waals surface area contributed by atoms with Crippen molar-refractivity contribution >= 4 is 16.9 Å². The zero-order chi connectivity index (χ0) is 17.3. The zero-order valence-corrected chi connectivity index (χ0v) is 13.5. The van der Waals surface area contributed by atoms with Crippen molar-refractivity contribution in [1.29, 1.82) is 0 Å². The van der Waals surface area contributed by atoms with Gasteiger partial charge in [0.05, 0.1) is 7.11 Å². The number of ether oxygens (including phenoxy) is 2. The lowest BCUT2D eigenvalue weighted by Crippen LogP contribution is -2.01. The first-order valence-electron chi connectivity index (χ1n) is 7.33. The lowest BCUT2D eigenvalue weighted by Gasteiger charge is -2.10. The van der Waals surface area contributed by atoms with Crippen LogP contribution in [0.1, 0.15) is 27.4 Å². The van der Waals surface area contributed by atoms with E-state index in [-0.39, 0.29) is 12.4 Å². The lowest BCUT2D eigenvalue weighted by molar-refractivity contribution is 0.0561. The van der Waals surface area contributed by atoms with Gasteiger partial charge in [0, 0.05) is 17.0 Å². The fourth-order valence-electron chi connectivity index (χ4n) is 2.47. The molecule has 0 unspecified atom stereocenters. The van der Waals surface area contributed by atoms with Crippen LogP contribution >= 0.6 is 0 Å². The maximum atomic E-state index is 11.6. The van der Waals surface area contributed by atoms with Crippen molar-refractivity contribution in [3.05, 3.63) is 63.4 Å². The number of rotatable bonds is 4. The summed E-state index contributed by atoms with van der Waals surface area (Å²) in [5.41, 5.74) is 1.69. The van der Waals surface area contributed by atoms with Crippen LogP contribution in [0.4, 0.5) is 0 Å². The third-order valence-electron chi connectivity index (χ3n) is 3.74. The number of fused-ring (bicyclic) bond motifs is 1. The fourth-order valence-corrected chi connectivity index (χ4v) is 2.47. The molecule has 3 aromatic rings. The Bertz CT molecular complexity index is 963. The van der Waals surface area contributed by atoms with Gasteiger partial charge in [0.25, 0.3) is 0 Å². The summed E-state index contributed by atoms with van der Waals surface area (Å²) in [6, 6.07) is 8.29. The Kier molecular flexibility index (Phi) is 4.12. The molecule has 3 rings (SSSR count). The maximum Gasteiger partial charge on any atom is 0.373 e. The lowest BCUT2D eigenvalue weighted by atomic mass is 10.1. The Morgan fingerprint density at radius 3 is 2.67 bits per heavy atom. The number of esters is 1. The summed E-state index contributed by atoms with van der Waals surface area (Å²) in [6.07, 6.45) is 0. The molecule has 0 saturated carbocycles. The van der Waals surface area contributed by atoms with Crippen molar-refractivity contribution in [2.24, 2.45) is 0 Å². The fraction of sp³-hybridized carbons (Fsp3) is 0.222. The summed E-state index contributed by atoms with van der Waals surface area (Å²) in [6.45, 7) is 3.82. The molecule has 1 aromatic carbocycles. The summed E-state index contributed by atoms with van der Waals surface area (Å²) < 4.78 is 21.0. The Labute approximate surface area is 137 Å². The Morgan fingerprint density at radius 2 is 1.92 bits per heavy atom. The third-order valence-corrected chi connectivity index (χ3v) is 3.74. The van der Waals surface area contributed by atoms with Crippen LogP contribution in [0.15, 0.2) is 44.0 Å². The molecule has 0 aliphatic carbocycles. The number of furan rings is 1. The molecule has 0 saturated heterocycles. The van der Waals surface area contributed by atoms with Crippen LogP contribution in [-0.4, -0.2) is 13.1 Å². The average molecular weight is 328 g/mol. The van der Waals surface area contributed by atoms with Gasteiger partial charge in [-0.25, -0.2) is 9.59 Å². The van der Waals surface area contributed by atoms with Gasteiger partial charge in [0.2, 0.25) is 5.76 Å². The van der Waals surface area contributed by atoms with Crippen molar-refractivity contribution in [3.63, 3.8) is 0 Å². The van der Waals surface area contributed by atoms with Gasteiger partial charge in [-0.2, -0.15) is 0 Å². The first-order valence-corrected chi connectivity index (χ1v) is 7.33. The first-order chi connectivity index (χ1) is 11.5. The van der Waals surface area contributed by atoms with E-state index in [0.717, 1.165) is 16.5 Å². The van der Waals surface area contributed by atoms with Crippen LogP contribution in [0.25, 0.3) is 11.0 Å². The summed E-state index contributed by atoms with van der Waals surface area (Å²) in [4.78, 5) is 22.9. The molecule has 0 atom stereocenters. The number of hydrogen-bond acceptors (Lipinski definition) is 6. The molecule has 0 aliphatic rings. The molecule has 6 nitrogen and oxygen atoms in total. The van der Waals surface area contributed by atoms with Gasteiger partial charge in [-0.15, -0.1) is 0 Å². The molecule has 0 N–H and O–H groups in total. The molecule has 6 heteroatoms. The molecular formula is C18H16O6. The van der Waals surface area contributed by atoms with Gasteiger partial charge >= 0.3 is 11.6 Å². The van der Waals surface area contributed by atoms with E-state index < -0.39 is 11.6 Å². The van der Waals surface area contributed by atoms with Gasteiger partial charge in [-0.1, -0.05) is 0 Å². The SMILES string of the molecule is COC(=O)c1ccc(COc2ccc3c(C)cc(=O)oc3c2C)o1. The summed E-state index contributed by atoms with van der Waals surface area (Å²) in [5.74, 6) is 0.640. The van der Waals surface area contributed by atoms with Gasteiger partial charge in [0.15, 0.2) is 0 Å². The number of carbonyl (C=O) groups excluding carboxylic acids is 1.